The molecule has 0 aliphatic carbocycles. The van der Waals surface area contributed by atoms with Gasteiger partial charge in [-0.1, -0.05) is 13.0 Å². The lowest BCUT2D eigenvalue weighted by Crippen LogP contribution is -2.27. The Morgan fingerprint density at radius 1 is 1.29 bits per heavy atom. The fourth-order valence-electron chi connectivity index (χ4n) is 1.83. The monoisotopic (exact) mass is 237 g/mol. The summed E-state index contributed by atoms with van der Waals surface area (Å²) in [6, 6.07) is 5.25. The molecular formula is C13H19NO3. The highest BCUT2D eigenvalue weighted by Crippen LogP contribution is 2.33. The summed E-state index contributed by atoms with van der Waals surface area (Å²) in [4.78, 5) is 0. The predicted octanol–water partition coefficient (Wildman–Crippen LogP) is 1.62. The van der Waals surface area contributed by atoms with Gasteiger partial charge in [0, 0.05) is 12.5 Å². The lowest BCUT2D eigenvalue weighted by molar-refractivity contribution is 0.144. The summed E-state index contributed by atoms with van der Waals surface area (Å²) in [5, 5.41) is 10.0. The number of aliphatic hydroxyl groups is 1. The molecule has 1 aromatic rings. The van der Waals surface area contributed by atoms with Crippen LogP contribution in [0.25, 0.3) is 0 Å². The molecule has 2 unspecified atom stereocenters. The van der Waals surface area contributed by atoms with Gasteiger partial charge >= 0.3 is 0 Å². The van der Waals surface area contributed by atoms with Gasteiger partial charge in [-0.15, -0.1) is 0 Å². The zero-order valence-electron chi connectivity index (χ0n) is 10.1. The van der Waals surface area contributed by atoms with Gasteiger partial charge in [0.2, 0.25) is 0 Å². The maximum Gasteiger partial charge on any atom is 0.161 e. The molecule has 0 saturated carbocycles. The molecule has 17 heavy (non-hydrogen) atoms. The summed E-state index contributed by atoms with van der Waals surface area (Å²) >= 11 is 0. The molecule has 0 amide bonds. The summed E-state index contributed by atoms with van der Waals surface area (Å²) in [6.07, 6.45) is 0.952. The third-order valence-electron chi connectivity index (χ3n) is 2.99. The highest BCUT2D eigenvalue weighted by Gasteiger charge is 2.18. The maximum atomic E-state index is 10.0. The van der Waals surface area contributed by atoms with E-state index in [9.17, 15) is 5.11 Å². The van der Waals surface area contributed by atoms with Crippen molar-refractivity contribution in [1.29, 1.82) is 0 Å². The molecule has 1 heterocycles. The van der Waals surface area contributed by atoms with Gasteiger partial charge in [-0.25, -0.2) is 0 Å². The average Bonchev–Trinajstić information content (AvgIpc) is 2.61. The standard InChI is InChI=1S/C13H19NO3/c1-2-10(14)13(15)9-4-5-11-12(8-9)17-7-3-6-16-11/h4-5,8,10,13,15H,2-3,6-7,14H2,1H3. The van der Waals surface area contributed by atoms with E-state index in [-0.39, 0.29) is 6.04 Å². The largest absolute Gasteiger partial charge is 0.490 e. The molecule has 0 aromatic heterocycles. The molecule has 0 spiro atoms. The van der Waals surface area contributed by atoms with Crippen molar-refractivity contribution in [2.24, 2.45) is 5.73 Å². The Labute approximate surface area is 101 Å². The minimum Gasteiger partial charge on any atom is -0.490 e. The van der Waals surface area contributed by atoms with Crippen molar-refractivity contribution < 1.29 is 14.6 Å². The molecule has 94 valence electrons. The predicted molar refractivity (Wildman–Crippen MR) is 65.3 cm³/mol. The first-order valence-corrected chi connectivity index (χ1v) is 6.05. The molecule has 0 fully saturated rings. The van der Waals surface area contributed by atoms with Crippen molar-refractivity contribution in [3.63, 3.8) is 0 Å². The highest BCUT2D eigenvalue weighted by molar-refractivity contribution is 5.44. The number of benzene rings is 1. The van der Waals surface area contributed by atoms with E-state index in [1.54, 1.807) is 0 Å². The Morgan fingerprint density at radius 3 is 2.71 bits per heavy atom. The van der Waals surface area contributed by atoms with E-state index in [4.69, 9.17) is 15.2 Å². The smallest absolute Gasteiger partial charge is 0.161 e. The van der Waals surface area contributed by atoms with Crippen molar-refractivity contribution in [1.82, 2.24) is 0 Å². The van der Waals surface area contributed by atoms with Crippen LogP contribution in [0.2, 0.25) is 0 Å². The van der Waals surface area contributed by atoms with Crippen LogP contribution in [0.3, 0.4) is 0 Å². The van der Waals surface area contributed by atoms with Gasteiger partial charge in [-0.2, -0.15) is 0 Å². The first-order chi connectivity index (χ1) is 8.22. The van der Waals surface area contributed by atoms with Crippen molar-refractivity contribution in [3.05, 3.63) is 23.8 Å². The highest BCUT2D eigenvalue weighted by atomic mass is 16.5. The van der Waals surface area contributed by atoms with Crippen molar-refractivity contribution in [3.8, 4) is 11.5 Å². The van der Waals surface area contributed by atoms with Crippen LogP contribution in [0.15, 0.2) is 18.2 Å². The van der Waals surface area contributed by atoms with Gasteiger partial charge in [-0.3, -0.25) is 0 Å². The Morgan fingerprint density at radius 2 is 2.00 bits per heavy atom. The first-order valence-electron chi connectivity index (χ1n) is 6.05. The van der Waals surface area contributed by atoms with Crippen LogP contribution in [0, 0.1) is 0 Å². The van der Waals surface area contributed by atoms with Gasteiger partial charge in [-0.05, 0) is 24.1 Å². The lowest BCUT2D eigenvalue weighted by Gasteiger charge is -2.18. The molecule has 4 nitrogen and oxygen atoms in total. The van der Waals surface area contributed by atoms with Crippen LogP contribution in [-0.2, 0) is 0 Å². The van der Waals surface area contributed by atoms with Crippen LogP contribution in [0.5, 0.6) is 11.5 Å². The third kappa shape index (κ3) is 2.70. The molecule has 4 heteroatoms. The fourth-order valence-corrected chi connectivity index (χ4v) is 1.83. The zero-order valence-corrected chi connectivity index (χ0v) is 10.1. The normalized spacial score (nSPS) is 18.3. The summed E-state index contributed by atoms with van der Waals surface area (Å²) < 4.78 is 11.1. The van der Waals surface area contributed by atoms with E-state index in [2.05, 4.69) is 0 Å². The van der Waals surface area contributed by atoms with Gasteiger partial charge < -0.3 is 20.3 Å². The lowest BCUT2D eigenvalue weighted by atomic mass is 10.0. The maximum absolute atomic E-state index is 10.0. The van der Waals surface area contributed by atoms with E-state index in [0.717, 1.165) is 24.2 Å². The minimum absolute atomic E-state index is 0.250. The van der Waals surface area contributed by atoms with Gasteiger partial charge in [0.15, 0.2) is 11.5 Å². The molecule has 3 N–H and O–H groups in total. The molecule has 2 rings (SSSR count). The van der Waals surface area contributed by atoms with E-state index in [1.807, 2.05) is 25.1 Å². The number of aliphatic hydroxyl groups excluding tert-OH is 1. The second kappa shape index (κ2) is 5.38. The fraction of sp³-hybridized carbons (Fsp3) is 0.538. The SMILES string of the molecule is CCC(N)C(O)c1ccc2c(c1)OCCCO2. The molecule has 1 aromatic carbocycles. The van der Waals surface area contributed by atoms with Crippen LogP contribution in [-0.4, -0.2) is 24.4 Å². The van der Waals surface area contributed by atoms with Crippen LogP contribution in [0.1, 0.15) is 31.4 Å². The van der Waals surface area contributed by atoms with Crippen LogP contribution in [0.4, 0.5) is 0 Å². The van der Waals surface area contributed by atoms with Gasteiger partial charge in [0.25, 0.3) is 0 Å². The summed E-state index contributed by atoms with van der Waals surface area (Å²) in [5.41, 5.74) is 6.61. The van der Waals surface area contributed by atoms with Crippen molar-refractivity contribution >= 4 is 0 Å². The summed E-state index contributed by atoms with van der Waals surface area (Å²) in [7, 11) is 0. The zero-order chi connectivity index (χ0) is 12.3. The Balaban J connectivity index is 2.23. The number of ether oxygens (including phenoxy) is 2. The van der Waals surface area contributed by atoms with Crippen LogP contribution < -0.4 is 15.2 Å². The third-order valence-corrected chi connectivity index (χ3v) is 2.99. The number of hydrogen-bond donors (Lipinski definition) is 2. The summed E-state index contributed by atoms with van der Waals surface area (Å²) in [6.45, 7) is 3.27. The second-order valence-corrected chi connectivity index (χ2v) is 4.27. The average molecular weight is 237 g/mol. The molecular weight excluding hydrogens is 218 g/mol. The Hall–Kier alpha value is -1.26. The number of nitrogens with two attached hydrogens (primary N) is 1. The molecule has 1 aliphatic rings. The number of hydrogen-bond acceptors (Lipinski definition) is 4. The number of fused-ring (bicyclic) bond motifs is 1. The minimum atomic E-state index is -0.655. The Kier molecular flexibility index (Phi) is 3.86. The van der Waals surface area contributed by atoms with Crippen molar-refractivity contribution in [2.45, 2.75) is 31.9 Å². The quantitative estimate of drug-likeness (QED) is 0.838. The molecule has 0 bridgehead atoms. The second-order valence-electron chi connectivity index (χ2n) is 4.27. The number of rotatable bonds is 3. The molecule has 0 saturated heterocycles. The van der Waals surface area contributed by atoms with E-state index >= 15 is 0 Å². The summed E-state index contributed by atoms with van der Waals surface area (Å²) in [5.74, 6) is 1.44. The molecule has 2 atom stereocenters. The van der Waals surface area contributed by atoms with Gasteiger partial charge in [0.1, 0.15) is 0 Å². The van der Waals surface area contributed by atoms with Crippen molar-refractivity contribution in [2.75, 3.05) is 13.2 Å². The van der Waals surface area contributed by atoms with E-state index in [0.29, 0.717) is 19.0 Å². The Bertz CT molecular complexity index is 381. The van der Waals surface area contributed by atoms with Gasteiger partial charge in [0.05, 0.1) is 19.3 Å². The topological polar surface area (TPSA) is 64.7 Å². The molecule has 1 aliphatic heterocycles. The van der Waals surface area contributed by atoms with E-state index < -0.39 is 6.10 Å². The first kappa shape index (κ1) is 12.2. The van der Waals surface area contributed by atoms with E-state index in [1.165, 1.54) is 0 Å². The molecule has 0 radical (unpaired) electrons. The van der Waals surface area contributed by atoms with Crippen LogP contribution >= 0.6 is 0 Å².